The highest BCUT2D eigenvalue weighted by molar-refractivity contribution is 5.74. The number of rotatable bonds is 4. The fourth-order valence-electron chi connectivity index (χ4n) is 3.10. The minimum atomic E-state index is -0.0418. The Hall–Kier alpha value is -2.76. The van der Waals surface area contributed by atoms with Crippen LogP contribution in [0.15, 0.2) is 53.5 Å². The van der Waals surface area contributed by atoms with E-state index in [1.54, 1.807) is 41.9 Å². The average molecular weight is 340 g/mol. The number of urea groups is 1. The molecule has 1 aliphatic rings. The van der Waals surface area contributed by atoms with Crippen molar-refractivity contribution in [1.29, 1.82) is 0 Å². The Bertz CT molecular complexity index is 783. The smallest absolute Gasteiger partial charge is 0.319 e. The van der Waals surface area contributed by atoms with Crippen LogP contribution in [0.1, 0.15) is 6.42 Å². The molecule has 6 heteroatoms. The van der Waals surface area contributed by atoms with E-state index >= 15 is 0 Å². The highest BCUT2D eigenvalue weighted by atomic mass is 16.2. The largest absolute Gasteiger partial charge is 0.385 e. The molecule has 25 heavy (non-hydrogen) atoms. The molecule has 6 nitrogen and oxygen atoms in total. The van der Waals surface area contributed by atoms with Gasteiger partial charge in [0.25, 0.3) is 5.56 Å². The monoisotopic (exact) mass is 340 g/mol. The van der Waals surface area contributed by atoms with Crippen LogP contribution in [0.5, 0.6) is 0 Å². The van der Waals surface area contributed by atoms with Crippen molar-refractivity contribution in [2.45, 2.75) is 6.42 Å². The molecule has 3 rings (SSSR count). The molecule has 1 atom stereocenters. The number of carbonyl (C=O) groups excluding carboxylic acids is 1. The number of hydrogen-bond donors (Lipinski definition) is 1. The van der Waals surface area contributed by atoms with Crippen molar-refractivity contribution in [2.24, 2.45) is 5.92 Å². The Morgan fingerprint density at radius 1 is 1.20 bits per heavy atom. The zero-order chi connectivity index (χ0) is 17.8. The Balaban J connectivity index is 1.56. The van der Waals surface area contributed by atoms with Crippen molar-refractivity contribution >= 4 is 11.7 Å². The summed E-state index contributed by atoms with van der Waals surface area (Å²) >= 11 is 0. The van der Waals surface area contributed by atoms with Gasteiger partial charge in [0.05, 0.1) is 0 Å². The molecule has 0 spiro atoms. The first-order valence-electron chi connectivity index (χ1n) is 8.53. The Labute approximate surface area is 147 Å². The molecule has 132 valence electrons. The molecule has 1 aromatic carbocycles. The van der Waals surface area contributed by atoms with Crippen LogP contribution in [0.2, 0.25) is 0 Å². The molecule has 2 heterocycles. The Morgan fingerprint density at radius 3 is 2.64 bits per heavy atom. The third-order valence-electron chi connectivity index (χ3n) is 4.50. The lowest BCUT2D eigenvalue weighted by molar-refractivity contribution is 0.180. The van der Waals surface area contributed by atoms with Crippen LogP contribution in [0, 0.1) is 5.92 Å². The van der Waals surface area contributed by atoms with Crippen molar-refractivity contribution in [1.82, 2.24) is 14.4 Å². The minimum absolute atomic E-state index is 0.0418. The minimum Gasteiger partial charge on any atom is -0.385 e. The summed E-state index contributed by atoms with van der Waals surface area (Å²) in [6, 6.07) is 13.0. The van der Waals surface area contributed by atoms with Crippen LogP contribution in [0.4, 0.5) is 10.5 Å². The number of pyridine rings is 1. The van der Waals surface area contributed by atoms with Gasteiger partial charge in [-0.15, -0.1) is 0 Å². The van der Waals surface area contributed by atoms with Gasteiger partial charge in [0, 0.05) is 57.4 Å². The number of benzene rings is 1. The van der Waals surface area contributed by atoms with E-state index in [4.69, 9.17) is 0 Å². The van der Waals surface area contributed by atoms with Gasteiger partial charge in [-0.2, -0.15) is 0 Å². The molecule has 1 fully saturated rings. The molecule has 0 bridgehead atoms. The maximum absolute atomic E-state index is 12.0. The van der Waals surface area contributed by atoms with Crippen molar-refractivity contribution in [3.8, 4) is 5.69 Å². The molecule has 1 aromatic heterocycles. The van der Waals surface area contributed by atoms with Crippen LogP contribution in [0.25, 0.3) is 5.69 Å². The lowest BCUT2D eigenvalue weighted by Gasteiger charge is -2.21. The van der Waals surface area contributed by atoms with Gasteiger partial charge in [-0.25, -0.2) is 4.79 Å². The number of likely N-dealkylation sites (tertiary alicyclic amines) is 1. The van der Waals surface area contributed by atoms with E-state index in [0.717, 1.165) is 37.4 Å². The second-order valence-corrected chi connectivity index (χ2v) is 6.61. The number of anilines is 1. The molecule has 0 saturated carbocycles. The van der Waals surface area contributed by atoms with E-state index in [1.807, 2.05) is 35.2 Å². The van der Waals surface area contributed by atoms with Crippen LogP contribution < -0.4 is 10.9 Å². The zero-order valence-electron chi connectivity index (χ0n) is 14.7. The highest BCUT2D eigenvalue weighted by Gasteiger charge is 2.26. The second-order valence-electron chi connectivity index (χ2n) is 6.61. The topological polar surface area (TPSA) is 57.6 Å². The summed E-state index contributed by atoms with van der Waals surface area (Å²) in [5.74, 6) is 0.459. The molecular formula is C19H24N4O2. The summed E-state index contributed by atoms with van der Waals surface area (Å²) in [7, 11) is 3.57. The van der Waals surface area contributed by atoms with E-state index in [-0.39, 0.29) is 11.6 Å². The number of hydrogen-bond acceptors (Lipinski definition) is 3. The number of nitrogens with one attached hydrogen (secondary N) is 1. The summed E-state index contributed by atoms with van der Waals surface area (Å²) < 4.78 is 1.62. The average Bonchev–Trinajstić information content (AvgIpc) is 3.09. The molecule has 2 aromatic rings. The van der Waals surface area contributed by atoms with Gasteiger partial charge in [0.15, 0.2) is 0 Å². The Kier molecular flexibility index (Phi) is 5.07. The predicted octanol–water partition coefficient (Wildman–Crippen LogP) is 2.25. The van der Waals surface area contributed by atoms with Gasteiger partial charge in [-0.05, 0) is 42.7 Å². The van der Waals surface area contributed by atoms with E-state index in [1.165, 1.54) is 0 Å². The van der Waals surface area contributed by atoms with Gasteiger partial charge in [0.2, 0.25) is 0 Å². The lowest BCUT2D eigenvalue weighted by Crippen LogP contribution is -2.37. The predicted molar refractivity (Wildman–Crippen MR) is 99.3 cm³/mol. The van der Waals surface area contributed by atoms with Crippen molar-refractivity contribution in [3.05, 3.63) is 59.0 Å². The number of aromatic nitrogens is 1. The fourth-order valence-corrected chi connectivity index (χ4v) is 3.10. The SMILES string of the molecule is CN(C)C(=O)N1CCC(CNc2ccc(-n3ccccc3=O)cc2)C1. The summed E-state index contributed by atoms with van der Waals surface area (Å²) in [6.07, 6.45) is 2.78. The van der Waals surface area contributed by atoms with Crippen LogP contribution in [-0.2, 0) is 0 Å². The van der Waals surface area contributed by atoms with Gasteiger partial charge in [-0.1, -0.05) is 6.07 Å². The molecule has 1 unspecified atom stereocenters. The molecule has 0 aliphatic carbocycles. The molecule has 2 amide bonds. The van der Waals surface area contributed by atoms with E-state index in [9.17, 15) is 9.59 Å². The maximum Gasteiger partial charge on any atom is 0.319 e. The standard InChI is InChI=1S/C19H24N4O2/c1-21(2)19(25)22-12-10-15(14-22)13-20-16-6-8-17(9-7-16)23-11-4-3-5-18(23)24/h3-9,11,15,20H,10,12-14H2,1-2H3. The highest BCUT2D eigenvalue weighted by Crippen LogP contribution is 2.19. The molecule has 0 radical (unpaired) electrons. The van der Waals surface area contributed by atoms with E-state index < -0.39 is 0 Å². The maximum atomic E-state index is 12.0. The normalized spacial score (nSPS) is 16.7. The first-order chi connectivity index (χ1) is 12.0. The van der Waals surface area contributed by atoms with E-state index in [2.05, 4.69) is 5.32 Å². The lowest BCUT2D eigenvalue weighted by atomic mass is 10.1. The quantitative estimate of drug-likeness (QED) is 0.929. The van der Waals surface area contributed by atoms with Gasteiger partial charge >= 0.3 is 6.03 Å². The van der Waals surface area contributed by atoms with E-state index in [0.29, 0.717) is 5.92 Å². The second kappa shape index (κ2) is 7.42. The van der Waals surface area contributed by atoms with Crippen molar-refractivity contribution in [3.63, 3.8) is 0 Å². The van der Waals surface area contributed by atoms with Crippen molar-refractivity contribution < 1.29 is 4.79 Å². The number of nitrogens with zero attached hydrogens (tertiary/aromatic N) is 3. The first kappa shape index (κ1) is 17.1. The molecule has 1 aliphatic heterocycles. The summed E-state index contributed by atoms with van der Waals surface area (Å²) in [5.41, 5.74) is 1.82. The van der Waals surface area contributed by atoms with Crippen LogP contribution >= 0.6 is 0 Å². The van der Waals surface area contributed by atoms with Crippen LogP contribution in [0.3, 0.4) is 0 Å². The molecule has 1 saturated heterocycles. The van der Waals surface area contributed by atoms with Gasteiger partial charge in [-0.3, -0.25) is 9.36 Å². The Morgan fingerprint density at radius 2 is 1.96 bits per heavy atom. The van der Waals surface area contributed by atoms with Gasteiger partial charge < -0.3 is 15.1 Å². The number of carbonyl (C=O) groups is 1. The number of amides is 2. The van der Waals surface area contributed by atoms with Crippen molar-refractivity contribution in [2.75, 3.05) is 39.0 Å². The zero-order valence-corrected chi connectivity index (χ0v) is 14.7. The molecule has 1 N–H and O–H groups in total. The summed E-state index contributed by atoms with van der Waals surface area (Å²) in [6.45, 7) is 2.45. The van der Waals surface area contributed by atoms with Crippen LogP contribution in [-0.4, -0.2) is 54.1 Å². The molecular weight excluding hydrogens is 316 g/mol. The summed E-state index contributed by atoms with van der Waals surface area (Å²) in [5, 5.41) is 3.43. The third kappa shape index (κ3) is 4.02. The summed E-state index contributed by atoms with van der Waals surface area (Å²) in [4.78, 5) is 27.3. The third-order valence-corrected chi connectivity index (χ3v) is 4.50. The fraction of sp³-hybridized carbons (Fsp3) is 0.368. The van der Waals surface area contributed by atoms with Gasteiger partial charge in [0.1, 0.15) is 0 Å². The first-order valence-corrected chi connectivity index (χ1v) is 8.53.